The molecule has 0 saturated heterocycles. The topological polar surface area (TPSA) is 58.0 Å². The van der Waals surface area contributed by atoms with Gasteiger partial charge in [-0.25, -0.2) is 4.98 Å². The van der Waals surface area contributed by atoms with E-state index in [0.717, 1.165) is 16.8 Å². The minimum absolute atomic E-state index is 0.0151. The lowest BCUT2D eigenvalue weighted by Gasteiger charge is -2.11. The Morgan fingerprint density at radius 2 is 2.11 bits per heavy atom. The van der Waals surface area contributed by atoms with Gasteiger partial charge in [0, 0.05) is 5.69 Å². The van der Waals surface area contributed by atoms with E-state index in [1.54, 1.807) is 0 Å². The number of benzene rings is 1. The standard InChI is InChI=1S/C12H11Cl2N3O/c1-7-4-8(6-18)2-3-10(7)16-11-9(13)5-15-12(14)17-11/h2-5,18H,6H2,1H3,(H,15,16,17). The quantitative estimate of drug-likeness (QED) is 0.849. The SMILES string of the molecule is Cc1cc(CO)ccc1Nc1nc(Cl)ncc1Cl. The maximum Gasteiger partial charge on any atom is 0.224 e. The molecule has 1 heterocycles. The highest BCUT2D eigenvalue weighted by Gasteiger charge is 2.06. The minimum Gasteiger partial charge on any atom is -0.392 e. The minimum atomic E-state index is 0.0151. The van der Waals surface area contributed by atoms with Crippen LogP contribution in [0.3, 0.4) is 0 Å². The molecule has 0 aliphatic rings. The molecule has 2 rings (SSSR count). The Kier molecular flexibility index (Phi) is 4.01. The lowest BCUT2D eigenvalue weighted by molar-refractivity contribution is 0.282. The summed E-state index contributed by atoms with van der Waals surface area (Å²) in [7, 11) is 0. The van der Waals surface area contributed by atoms with Crippen molar-refractivity contribution in [2.75, 3.05) is 5.32 Å². The third-order valence-corrected chi connectivity index (χ3v) is 2.90. The van der Waals surface area contributed by atoms with E-state index < -0.39 is 0 Å². The number of hydrogen-bond acceptors (Lipinski definition) is 4. The van der Waals surface area contributed by atoms with Gasteiger partial charge in [0.25, 0.3) is 0 Å². The predicted octanol–water partition coefficient (Wildman–Crippen LogP) is 3.33. The molecular weight excluding hydrogens is 273 g/mol. The number of nitrogens with zero attached hydrogens (tertiary/aromatic N) is 2. The van der Waals surface area contributed by atoms with Gasteiger partial charge in [-0.3, -0.25) is 0 Å². The summed E-state index contributed by atoms with van der Waals surface area (Å²) < 4.78 is 0. The van der Waals surface area contributed by atoms with E-state index in [-0.39, 0.29) is 11.9 Å². The van der Waals surface area contributed by atoms with Crippen molar-refractivity contribution in [2.24, 2.45) is 0 Å². The number of aromatic nitrogens is 2. The highest BCUT2D eigenvalue weighted by Crippen LogP contribution is 2.26. The first-order valence-electron chi connectivity index (χ1n) is 5.25. The molecule has 0 spiro atoms. The highest BCUT2D eigenvalue weighted by atomic mass is 35.5. The monoisotopic (exact) mass is 283 g/mol. The van der Waals surface area contributed by atoms with E-state index >= 15 is 0 Å². The summed E-state index contributed by atoms with van der Waals surface area (Å²) in [6, 6.07) is 5.57. The van der Waals surface area contributed by atoms with E-state index in [0.29, 0.717) is 10.8 Å². The fraction of sp³-hybridized carbons (Fsp3) is 0.167. The summed E-state index contributed by atoms with van der Waals surface area (Å²) >= 11 is 11.7. The van der Waals surface area contributed by atoms with Gasteiger partial charge in [-0.15, -0.1) is 0 Å². The summed E-state index contributed by atoms with van der Waals surface area (Å²) in [4.78, 5) is 7.79. The molecule has 0 fully saturated rings. The van der Waals surface area contributed by atoms with E-state index in [2.05, 4.69) is 15.3 Å². The first-order chi connectivity index (χ1) is 8.60. The lowest BCUT2D eigenvalue weighted by Crippen LogP contribution is -1.98. The van der Waals surface area contributed by atoms with Crippen LogP contribution in [0.5, 0.6) is 0 Å². The molecule has 0 unspecified atom stereocenters. The Morgan fingerprint density at radius 1 is 1.33 bits per heavy atom. The summed E-state index contributed by atoms with van der Waals surface area (Å²) in [5.41, 5.74) is 2.68. The fourth-order valence-electron chi connectivity index (χ4n) is 1.53. The molecule has 0 radical (unpaired) electrons. The third kappa shape index (κ3) is 2.90. The van der Waals surface area contributed by atoms with Gasteiger partial charge in [-0.1, -0.05) is 23.7 Å². The largest absolute Gasteiger partial charge is 0.392 e. The number of aliphatic hydroxyl groups is 1. The van der Waals surface area contributed by atoms with Crippen molar-refractivity contribution in [3.05, 3.63) is 45.8 Å². The predicted molar refractivity (Wildman–Crippen MR) is 72.4 cm³/mol. The van der Waals surface area contributed by atoms with Gasteiger partial charge < -0.3 is 10.4 Å². The van der Waals surface area contributed by atoms with E-state index in [4.69, 9.17) is 28.3 Å². The van der Waals surface area contributed by atoms with Crippen molar-refractivity contribution in [1.29, 1.82) is 0 Å². The van der Waals surface area contributed by atoms with Crippen molar-refractivity contribution in [3.8, 4) is 0 Å². The van der Waals surface area contributed by atoms with Gasteiger partial charge in [-0.2, -0.15) is 4.98 Å². The van der Waals surface area contributed by atoms with Crippen LogP contribution in [0.2, 0.25) is 10.3 Å². The Hall–Kier alpha value is -1.36. The van der Waals surface area contributed by atoms with Gasteiger partial charge in [0.05, 0.1) is 12.8 Å². The summed E-state index contributed by atoms with van der Waals surface area (Å²) in [6.07, 6.45) is 1.44. The maximum absolute atomic E-state index is 9.04. The van der Waals surface area contributed by atoms with Crippen molar-refractivity contribution < 1.29 is 5.11 Å². The second kappa shape index (κ2) is 5.52. The van der Waals surface area contributed by atoms with Gasteiger partial charge in [-0.05, 0) is 35.7 Å². The molecular formula is C12H11Cl2N3O. The zero-order valence-electron chi connectivity index (χ0n) is 9.61. The molecule has 18 heavy (non-hydrogen) atoms. The van der Waals surface area contributed by atoms with Crippen molar-refractivity contribution in [2.45, 2.75) is 13.5 Å². The van der Waals surface area contributed by atoms with Crippen LogP contribution in [0.1, 0.15) is 11.1 Å². The molecule has 2 N–H and O–H groups in total. The first kappa shape index (κ1) is 13.1. The van der Waals surface area contributed by atoms with Gasteiger partial charge in [0.1, 0.15) is 5.02 Å². The second-order valence-electron chi connectivity index (χ2n) is 3.77. The number of aliphatic hydroxyl groups excluding tert-OH is 1. The zero-order valence-corrected chi connectivity index (χ0v) is 11.1. The normalized spacial score (nSPS) is 10.4. The number of rotatable bonds is 3. The average Bonchev–Trinajstić information content (AvgIpc) is 2.36. The Balaban J connectivity index is 2.31. The smallest absolute Gasteiger partial charge is 0.224 e. The summed E-state index contributed by atoms with van der Waals surface area (Å²) in [6.45, 7) is 1.94. The lowest BCUT2D eigenvalue weighted by atomic mass is 10.1. The van der Waals surface area contributed by atoms with Gasteiger partial charge >= 0.3 is 0 Å². The summed E-state index contributed by atoms with van der Waals surface area (Å²) in [5, 5.41) is 12.7. The van der Waals surface area contributed by atoms with Gasteiger partial charge in [0.2, 0.25) is 5.28 Å². The van der Waals surface area contributed by atoms with Crippen LogP contribution in [0, 0.1) is 6.92 Å². The van der Waals surface area contributed by atoms with Crippen LogP contribution >= 0.6 is 23.2 Å². The Morgan fingerprint density at radius 3 is 2.78 bits per heavy atom. The molecule has 4 nitrogen and oxygen atoms in total. The third-order valence-electron chi connectivity index (χ3n) is 2.44. The number of halogens is 2. The van der Waals surface area contributed by atoms with E-state index in [1.807, 2.05) is 25.1 Å². The number of hydrogen-bond donors (Lipinski definition) is 2. The van der Waals surface area contributed by atoms with Crippen LogP contribution in [-0.2, 0) is 6.61 Å². The molecule has 6 heteroatoms. The highest BCUT2D eigenvalue weighted by molar-refractivity contribution is 6.33. The van der Waals surface area contributed by atoms with Crippen molar-refractivity contribution in [1.82, 2.24) is 9.97 Å². The molecule has 0 amide bonds. The van der Waals surface area contributed by atoms with E-state index in [9.17, 15) is 0 Å². The van der Waals surface area contributed by atoms with Gasteiger partial charge in [0.15, 0.2) is 5.82 Å². The zero-order chi connectivity index (χ0) is 13.1. The summed E-state index contributed by atoms with van der Waals surface area (Å²) in [5.74, 6) is 0.455. The molecule has 94 valence electrons. The van der Waals surface area contributed by atoms with Crippen molar-refractivity contribution >= 4 is 34.7 Å². The molecule has 0 aliphatic heterocycles. The second-order valence-corrected chi connectivity index (χ2v) is 4.51. The number of anilines is 2. The maximum atomic E-state index is 9.04. The number of aryl methyl sites for hydroxylation is 1. The van der Waals surface area contributed by atoms with Crippen LogP contribution in [0.4, 0.5) is 11.5 Å². The van der Waals surface area contributed by atoms with Crippen LogP contribution in [0.15, 0.2) is 24.4 Å². The number of nitrogens with one attached hydrogen (secondary N) is 1. The van der Waals surface area contributed by atoms with E-state index in [1.165, 1.54) is 6.20 Å². The molecule has 0 bridgehead atoms. The molecule has 1 aromatic carbocycles. The van der Waals surface area contributed by atoms with Crippen LogP contribution in [0.25, 0.3) is 0 Å². The fourth-order valence-corrected chi connectivity index (χ4v) is 1.80. The molecule has 0 aliphatic carbocycles. The molecule has 1 aromatic heterocycles. The Labute approximate surface area is 115 Å². The van der Waals surface area contributed by atoms with Crippen LogP contribution < -0.4 is 5.32 Å². The molecule has 2 aromatic rings. The first-order valence-corrected chi connectivity index (χ1v) is 6.01. The Bertz CT molecular complexity index is 575. The van der Waals surface area contributed by atoms with Crippen molar-refractivity contribution in [3.63, 3.8) is 0 Å². The van der Waals surface area contributed by atoms with Crippen LogP contribution in [-0.4, -0.2) is 15.1 Å². The average molecular weight is 284 g/mol. The molecule has 0 atom stereocenters. The molecule has 0 saturated carbocycles.